The third-order valence-electron chi connectivity index (χ3n) is 4.10. The predicted molar refractivity (Wildman–Crippen MR) is 83.2 cm³/mol. The van der Waals surface area contributed by atoms with Crippen molar-refractivity contribution < 1.29 is 24.5 Å². The third-order valence-corrected chi connectivity index (χ3v) is 4.10. The summed E-state index contributed by atoms with van der Waals surface area (Å²) < 4.78 is 4.90. The molecular weight excluding hydrogens is 284 g/mol. The van der Waals surface area contributed by atoms with Crippen molar-refractivity contribution in [2.24, 2.45) is 11.8 Å². The van der Waals surface area contributed by atoms with Gasteiger partial charge in [-0.25, -0.2) is 0 Å². The Morgan fingerprint density at radius 3 is 2.73 bits per heavy atom. The summed E-state index contributed by atoms with van der Waals surface area (Å²) in [6.07, 6.45) is 8.93. The Labute approximate surface area is 132 Å². The van der Waals surface area contributed by atoms with Crippen LogP contribution in [0.3, 0.4) is 0 Å². The van der Waals surface area contributed by atoms with Gasteiger partial charge in [-0.2, -0.15) is 0 Å². The molecule has 0 unspecified atom stereocenters. The molecule has 1 saturated carbocycles. The molecule has 1 aliphatic rings. The molecule has 5 nitrogen and oxygen atoms in total. The Balaban J connectivity index is 2.36. The summed E-state index contributed by atoms with van der Waals surface area (Å²) >= 11 is 0. The third kappa shape index (κ3) is 6.71. The Hall–Kier alpha value is -1.20. The molecule has 3 atom stereocenters. The van der Waals surface area contributed by atoms with Crippen LogP contribution in [0.2, 0.25) is 0 Å². The van der Waals surface area contributed by atoms with E-state index in [0.29, 0.717) is 6.42 Å². The van der Waals surface area contributed by atoms with Crippen LogP contribution in [0.4, 0.5) is 0 Å². The van der Waals surface area contributed by atoms with Crippen LogP contribution in [0.25, 0.3) is 0 Å². The fraction of sp³-hybridized carbons (Fsp3) is 0.765. The number of ketones is 1. The number of Topliss-reactive ketones (excluding diaryl/α,β-unsaturated/α-hetero) is 1. The van der Waals surface area contributed by atoms with E-state index in [0.717, 1.165) is 32.1 Å². The van der Waals surface area contributed by atoms with Gasteiger partial charge in [-0.3, -0.25) is 9.59 Å². The number of aliphatic hydroxyl groups is 2. The number of aliphatic hydroxyl groups excluding tert-OH is 2. The summed E-state index contributed by atoms with van der Waals surface area (Å²) in [5.41, 5.74) is 0. The average Bonchev–Trinajstić information content (AvgIpc) is 2.72. The van der Waals surface area contributed by atoms with Crippen LogP contribution in [-0.4, -0.2) is 41.3 Å². The van der Waals surface area contributed by atoms with Crippen LogP contribution in [0.15, 0.2) is 12.2 Å². The Morgan fingerprint density at radius 1 is 1.32 bits per heavy atom. The Morgan fingerprint density at radius 2 is 2.05 bits per heavy atom. The molecule has 0 heterocycles. The van der Waals surface area contributed by atoms with E-state index >= 15 is 0 Å². The highest BCUT2D eigenvalue weighted by Crippen LogP contribution is 2.33. The molecule has 22 heavy (non-hydrogen) atoms. The Bertz CT molecular complexity index is 377. The molecule has 0 radical (unpaired) electrons. The SMILES string of the molecule is CC(=O)OCC[C@@H]1C(=O)C[C@H](O)[C@H]1C=CCCCCCCO. The van der Waals surface area contributed by atoms with Crippen molar-refractivity contribution in [3.63, 3.8) is 0 Å². The van der Waals surface area contributed by atoms with Gasteiger partial charge in [0.15, 0.2) is 0 Å². The Kier molecular flexibility index (Phi) is 9.01. The van der Waals surface area contributed by atoms with Gasteiger partial charge in [0.25, 0.3) is 0 Å². The highest BCUT2D eigenvalue weighted by atomic mass is 16.5. The van der Waals surface area contributed by atoms with Crippen LogP contribution in [0.1, 0.15) is 51.9 Å². The summed E-state index contributed by atoms with van der Waals surface area (Å²) in [6.45, 7) is 1.82. The molecule has 0 aliphatic heterocycles. The zero-order valence-corrected chi connectivity index (χ0v) is 13.4. The first-order valence-electron chi connectivity index (χ1n) is 8.18. The number of carbonyl (C=O) groups excluding carboxylic acids is 2. The topological polar surface area (TPSA) is 83.8 Å². The van der Waals surface area contributed by atoms with E-state index in [4.69, 9.17) is 9.84 Å². The standard InChI is InChI=1S/C17H28O5/c1-13(19)22-11-9-15-14(16(20)12-17(15)21)8-6-4-2-3-5-7-10-18/h6,8,14-16,18,20H,2-5,7,9-12H2,1H3/t14-,15-,16-/m0/s1. The second-order valence-electron chi connectivity index (χ2n) is 5.90. The van der Waals surface area contributed by atoms with Crippen molar-refractivity contribution in [3.8, 4) is 0 Å². The van der Waals surface area contributed by atoms with Crippen LogP contribution in [0.5, 0.6) is 0 Å². The minimum Gasteiger partial charge on any atom is -0.466 e. The van der Waals surface area contributed by atoms with E-state index in [2.05, 4.69) is 0 Å². The second-order valence-corrected chi connectivity index (χ2v) is 5.90. The van der Waals surface area contributed by atoms with E-state index in [9.17, 15) is 14.7 Å². The van der Waals surface area contributed by atoms with Gasteiger partial charge in [-0.1, -0.05) is 25.0 Å². The van der Waals surface area contributed by atoms with Crippen molar-refractivity contribution in [1.82, 2.24) is 0 Å². The number of esters is 1. The van der Waals surface area contributed by atoms with E-state index < -0.39 is 6.10 Å². The van der Waals surface area contributed by atoms with Crippen LogP contribution < -0.4 is 0 Å². The lowest BCUT2D eigenvalue weighted by Crippen LogP contribution is -2.20. The fourth-order valence-corrected chi connectivity index (χ4v) is 2.90. The molecule has 0 saturated heterocycles. The van der Waals surface area contributed by atoms with Gasteiger partial charge in [0.1, 0.15) is 5.78 Å². The van der Waals surface area contributed by atoms with Crippen LogP contribution in [0, 0.1) is 11.8 Å². The average molecular weight is 312 g/mol. The van der Waals surface area contributed by atoms with Gasteiger partial charge >= 0.3 is 5.97 Å². The highest BCUT2D eigenvalue weighted by Gasteiger charge is 2.39. The molecule has 0 aromatic heterocycles. The summed E-state index contributed by atoms with van der Waals surface area (Å²) in [6, 6.07) is 0. The normalized spacial score (nSPS) is 25.0. The molecule has 2 N–H and O–H groups in total. The smallest absolute Gasteiger partial charge is 0.302 e. The molecule has 0 bridgehead atoms. The van der Waals surface area contributed by atoms with E-state index in [1.54, 1.807) is 0 Å². The molecule has 0 spiro atoms. The van der Waals surface area contributed by atoms with Crippen LogP contribution >= 0.6 is 0 Å². The van der Waals surface area contributed by atoms with Crippen molar-refractivity contribution in [3.05, 3.63) is 12.2 Å². The van der Waals surface area contributed by atoms with Crippen molar-refractivity contribution in [2.75, 3.05) is 13.2 Å². The largest absolute Gasteiger partial charge is 0.466 e. The molecule has 0 aromatic carbocycles. The molecular formula is C17H28O5. The fourth-order valence-electron chi connectivity index (χ4n) is 2.90. The maximum absolute atomic E-state index is 11.9. The van der Waals surface area contributed by atoms with Gasteiger partial charge in [-0.15, -0.1) is 0 Å². The molecule has 0 aromatic rings. The molecule has 1 aliphatic carbocycles. The van der Waals surface area contributed by atoms with Gasteiger partial charge < -0.3 is 14.9 Å². The molecule has 126 valence electrons. The molecule has 1 rings (SSSR count). The minimum atomic E-state index is -0.625. The maximum atomic E-state index is 11.9. The number of ether oxygens (including phenoxy) is 1. The quantitative estimate of drug-likeness (QED) is 0.366. The van der Waals surface area contributed by atoms with Crippen LogP contribution in [-0.2, 0) is 14.3 Å². The number of unbranched alkanes of at least 4 members (excludes halogenated alkanes) is 4. The van der Waals surface area contributed by atoms with E-state index in [1.807, 2.05) is 12.2 Å². The maximum Gasteiger partial charge on any atom is 0.302 e. The number of carbonyl (C=O) groups is 2. The van der Waals surface area contributed by atoms with Gasteiger partial charge in [0.05, 0.1) is 12.7 Å². The monoisotopic (exact) mass is 312 g/mol. The van der Waals surface area contributed by atoms with Crippen molar-refractivity contribution in [2.45, 2.75) is 58.0 Å². The number of hydrogen-bond acceptors (Lipinski definition) is 5. The van der Waals surface area contributed by atoms with Gasteiger partial charge in [0, 0.05) is 31.8 Å². The molecule has 1 fully saturated rings. The first-order chi connectivity index (χ1) is 10.6. The zero-order valence-electron chi connectivity index (χ0n) is 13.4. The number of rotatable bonds is 10. The first-order valence-corrected chi connectivity index (χ1v) is 8.18. The van der Waals surface area contributed by atoms with Gasteiger partial charge in [-0.05, 0) is 25.7 Å². The lowest BCUT2D eigenvalue weighted by Gasteiger charge is -2.17. The van der Waals surface area contributed by atoms with E-state index in [1.165, 1.54) is 6.92 Å². The van der Waals surface area contributed by atoms with Crippen molar-refractivity contribution in [1.29, 1.82) is 0 Å². The lowest BCUT2D eigenvalue weighted by atomic mass is 9.91. The van der Waals surface area contributed by atoms with Gasteiger partial charge in [0.2, 0.25) is 0 Å². The summed E-state index contributed by atoms with van der Waals surface area (Å²) in [7, 11) is 0. The second kappa shape index (κ2) is 10.5. The summed E-state index contributed by atoms with van der Waals surface area (Å²) in [5, 5.41) is 18.7. The summed E-state index contributed by atoms with van der Waals surface area (Å²) in [4.78, 5) is 22.7. The summed E-state index contributed by atoms with van der Waals surface area (Å²) in [5.74, 6) is -0.710. The minimum absolute atomic E-state index is 0.0530. The van der Waals surface area contributed by atoms with E-state index in [-0.39, 0.29) is 43.2 Å². The number of allylic oxidation sites excluding steroid dienone is 1. The molecule has 0 amide bonds. The molecule has 5 heteroatoms. The number of hydrogen-bond donors (Lipinski definition) is 2. The lowest BCUT2D eigenvalue weighted by molar-refractivity contribution is -0.142. The highest BCUT2D eigenvalue weighted by molar-refractivity contribution is 5.84. The zero-order chi connectivity index (χ0) is 16.4. The predicted octanol–water partition coefficient (Wildman–Crippen LogP) is 2.00. The van der Waals surface area contributed by atoms with Crippen molar-refractivity contribution >= 4 is 11.8 Å². The first kappa shape index (κ1) is 18.8.